The number of aromatic nitrogens is 1. The van der Waals surface area contributed by atoms with E-state index in [1.807, 2.05) is 12.1 Å². The maximum Gasteiger partial charge on any atom is 0.0462 e. The second-order valence-corrected chi connectivity index (χ2v) is 5.22. The Morgan fingerprint density at radius 3 is 2.62 bits per heavy atom. The van der Waals surface area contributed by atoms with Gasteiger partial charge >= 0.3 is 0 Å². The zero-order valence-corrected chi connectivity index (χ0v) is 12.3. The molecule has 3 rings (SSSR count). The van der Waals surface area contributed by atoms with E-state index in [-0.39, 0.29) is 0 Å². The Hall–Kier alpha value is -2.54. The van der Waals surface area contributed by atoms with Gasteiger partial charge in [0.2, 0.25) is 0 Å². The van der Waals surface area contributed by atoms with Crippen LogP contribution < -0.4 is 0 Å². The van der Waals surface area contributed by atoms with Crippen LogP contribution in [0, 0.1) is 6.92 Å². The summed E-state index contributed by atoms with van der Waals surface area (Å²) in [5, 5.41) is 1.27. The van der Waals surface area contributed by atoms with Crippen molar-refractivity contribution in [2.75, 3.05) is 0 Å². The summed E-state index contributed by atoms with van der Waals surface area (Å²) in [6.45, 7) is 5.88. The average molecular weight is 273 g/mol. The fourth-order valence-corrected chi connectivity index (χ4v) is 2.65. The molecule has 0 aliphatic rings. The average Bonchev–Trinajstić information content (AvgIpc) is 2.84. The van der Waals surface area contributed by atoms with Gasteiger partial charge in [-0.15, -0.1) is 6.58 Å². The molecule has 1 heteroatoms. The summed E-state index contributed by atoms with van der Waals surface area (Å²) in [6.07, 6.45) is 7.14. The van der Waals surface area contributed by atoms with Crippen LogP contribution in [0.5, 0.6) is 0 Å². The summed E-state index contributed by atoms with van der Waals surface area (Å²) >= 11 is 0. The van der Waals surface area contributed by atoms with Crippen molar-refractivity contribution in [3.63, 3.8) is 0 Å². The van der Waals surface area contributed by atoms with Crippen LogP contribution in [0.2, 0.25) is 0 Å². The zero-order valence-electron chi connectivity index (χ0n) is 12.3. The lowest BCUT2D eigenvalue weighted by Gasteiger charge is -2.02. The minimum Gasteiger partial charge on any atom is -0.358 e. The molecule has 0 saturated heterocycles. The van der Waals surface area contributed by atoms with Crippen molar-refractivity contribution >= 4 is 17.0 Å². The van der Waals surface area contributed by atoms with Crippen LogP contribution in [0.15, 0.2) is 67.3 Å². The van der Waals surface area contributed by atoms with E-state index in [1.165, 1.54) is 33.3 Å². The van der Waals surface area contributed by atoms with Gasteiger partial charge < -0.3 is 4.98 Å². The molecular weight excluding hydrogens is 254 g/mol. The Morgan fingerprint density at radius 1 is 1.05 bits per heavy atom. The third-order valence-electron chi connectivity index (χ3n) is 3.73. The summed E-state index contributed by atoms with van der Waals surface area (Å²) in [6, 6.07) is 17.1. The quantitative estimate of drug-likeness (QED) is 0.584. The number of hydrogen-bond donors (Lipinski definition) is 1. The van der Waals surface area contributed by atoms with Gasteiger partial charge in [0.1, 0.15) is 0 Å². The molecule has 0 radical (unpaired) electrons. The van der Waals surface area contributed by atoms with E-state index in [2.05, 4.69) is 73.1 Å². The Balaban J connectivity index is 2.11. The SMILES string of the molecule is C=CC/C=C\c1c(C)[nH]c2ccc(-c3ccccc3)cc12. The van der Waals surface area contributed by atoms with E-state index in [0.717, 1.165) is 6.42 Å². The van der Waals surface area contributed by atoms with E-state index in [1.54, 1.807) is 0 Å². The first-order valence-electron chi connectivity index (χ1n) is 7.25. The number of aromatic amines is 1. The highest BCUT2D eigenvalue weighted by Gasteiger charge is 2.07. The maximum atomic E-state index is 3.76. The molecule has 21 heavy (non-hydrogen) atoms. The number of H-pyrrole nitrogens is 1. The number of aryl methyl sites for hydroxylation is 1. The zero-order chi connectivity index (χ0) is 14.7. The standard InChI is InChI=1S/C20H19N/c1-3-4-6-11-18-15(2)21-20-13-12-17(14-19(18)20)16-9-7-5-8-10-16/h3,5-14,21H,1,4H2,2H3/b11-6-. The predicted molar refractivity (Wildman–Crippen MR) is 92.3 cm³/mol. The van der Waals surface area contributed by atoms with Gasteiger partial charge in [0, 0.05) is 22.2 Å². The van der Waals surface area contributed by atoms with Crippen molar-refractivity contribution < 1.29 is 0 Å². The fraction of sp³-hybridized carbons (Fsp3) is 0.100. The summed E-state index contributed by atoms with van der Waals surface area (Å²) in [7, 11) is 0. The van der Waals surface area contributed by atoms with E-state index < -0.39 is 0 Å². The number of benzene rings is 2. The number of nitrogens with one attached hydrogen (secondary N) is 1. The van der Waals surface area contributed by atoms with Crippen molar-refractivity contribution in [2.45, 2.75) is 13.3 Å². The minimum absolute atomic E-state index is 0.893. The molecular formula is C20H19N. The Kier molecular flexibility index (Phi) is 3.74. The van der Waals surface area contributed by atoms with Crippen LogP contribution in [-0.4, -0.2) is 4.98 Å². The van der Waals surface area contributed by atoms with Crippen LogP contribution in [0.25, 0.3) is 28.1 Å². The minimum atomic E-state index is 0.893. The number of rotatable bonds is 4. The van der Waals surface area contributed by atoms with Crippen LogP contribution in [0.4, 0.5) is 0 Å². The van der Waals surface area contributed by atoms with E-state index in [9.17, 15) is 0 Å². The van der Waals surface area contributed by atoms with Gasteiger partial charge in [-0.3, -0.25) is 0 Å². The second-order valence-electron chi connectivity index (χ2n) is 5.22. The maximum absolute atomic E-state index is 3.76. The molecule has 1 aromatic heterocycles. The third-order valence-corrected chi connectivity index (χ3v) is 3.73. The van der Waals surface area contributed by atoms with Crippen molar-refractivity contribution in [3.8, 4) is 11.1 Å². The first-order chi connectivity index (χ1) is 10.3. The highest BCUT2D eigenvalue weighted by molar-refractivity contribution is 5.93. The van der Waals surface area contributed by atoms with E-state index in [0.29, 0.717) is 0 Å². The molecule has 0 saturated carbocycles. The molecule has 2 aromatic carbocycles. The van der Waals surface area contributed by atoms with Crippen molar-refractivity contribution in [2.24, 2.45) is 0 Å². The summed E-state index contributed by atoms with van der Waals surface area (Å²) in [4.78, 5) is 3.46. The van der Waals surface area contributed by atoms with Crippen LogP contribution in [0.3, 0.4) is 0 Å². The topological polar surface area (TPSA) is 15.8 Å². The molecule has 1 N–H and O–H groups in total. The van der Waals surface area contributed by atoms with Gasteiger partial charge in [-0.1, -0.05) is 54.6 Å². The van der Waals surface area contributed by atoms with Crippen molar-refractivity contribution in [1.29, 1.82) is 0 Å². The molecule has 0 spiro atoms. The van der Waals surface area contributed by atoms with Crippen LogP contribution in [-0.2, 0) is 0 Å². The molecule has 104 valence electrons. The van der Waals surface area contributed by atoms with Crippen molar-refractivity contribution in [1.82, 2.24) is 4.98 Å². The van der Waals surface area contributed by atoms with Gasteiger partial charge in [0.25, 0.3) is 0 Å². The van der Waals surface area contributed by atoms with Gasteiger partial charge in [-0.2, -0.15) is 0 Å². The van der Waals surface area contributed by atoms with Crippen LogP contribution in [0.1, 0.15) is 17.7 Å². The summed E-state index contributed by atoms with van der Waals surface area (Å²) in [5.41, 5.74) is 6.16. The van der Waals surface area contributed by atoms with Gasteiger partial charge in [-0.05, 0) is 36.6 Å². The van der Waals surface area contributed by atoms with Gasteiger partial charge in [0.15, 0.2) is 0 Å². The normalized spacial score (nSPS) is 11.3. The van der Waals surface area contributed by atoms with E-state index in [4.69, 9.17) is 0 Å². The Labute approximate surface area is 125 Å². The second kappa shape index (κ2) is 5.84. The smallest absolute Gasteiger partial charge is 0.0462 e. The lowest BCUT2D eigenvalue weighted by Crippen LogP contribution is -1.78. The molecule has 1 heterocycles. The van der Waals surface area contributed by atoms with E-state index >= 15 is 0 Å². The van der Waals surface area contributed by atoms with Gasteiger partial charge in [-0.25, -0.2) is 0 Å². The first-order valence-corrected chi connectivity index (χ1v) is 7.25. The fourth-order valence-electron chi connectivity index (χ4n) is 2.65. The number of fused-ring (bicyclic) bond motifs is 1. The molecule has 0 aliphatic carbocycles. The highest BCUT2D eigenvalue weighted by Crippen LogP contribution is 2.29. The predicted octanol–water partition coefficient (Wildman–Crippen LogP) is 5.73. The Morgan fingerprint density at radius 2 is 1.86 bits per heavy atom. The van der Waals surface area contributed by atoms with Gasteiger partial charge in [0.05, 0.1) is 0 Å². The molecule has 0 fully saturated rings. The van der Waals surface area contributed by atoms with Crippen molar-refractivity contribution in [3.05, 3.63) is 78.5 Å². The Bertz CT molecular complexity index is 791. The summed E-state index contributed by atoms with van der Waals surface area (Å²) < 4.78 is 0. The molecule has 3 aromatic rings. The third kappa shape index (κ3) is 2.68. The first kappa shape index (κ1) is 13.4. The lowest BCUT2D eigenvalue weighted by molar-refractivity contribution is 1.29. The van der Waals surface area contributed by atoms with Crippen LogP contribution >= 0.6 is 0 Å². The lowest BCUT2D eigenvalue weighted by atomic mass is 10.0. The molecule has 0 unspecified atom stereocenters. The molecule has 0 amide bonds. The largest absolute Gasteiger partial charge is 0.358 e. The molecule has 0 bridgehead atoms. The molecule has 0 atom stereocenters. The highest BCUT2D eigenvalue weighted by atomic mass is 14.7. The summed E-state index contributed by atoms with van der Waals surface area (Å²) in [5.74, 6) is 0. The molecule has 0 aliphatic heterocycles. The molecule has 1 nitrogen and oxygen atoms in total. The number of allylic oxidation sites excluding steroid dienone is 2. The number of hydrogen-bond acceptors (Lipinski definition) is 0. The monoisotopic (exact) mass is 273 g/mol.